The molecular formula is C19H27N3O4S. The van der Waals surface area contributed by atoms with Gasteiger partial charge in [0.15, 0.2) is 0 Å². The van der Waals surface area contributed by atoms with Gasteiger partial charge in [0.1, 0.15) is 0 Å². The van der Waals surface area contributed by atoms with E-state index in [1.807, 2.05) is 30.5 Å². The molecule has 8 heteroatoms. The molecule has 148 valence electrons. The van der Waals surface area contributed by atoms with Gasteiger partial charge in [-0.25, -0.2) is 12.7 Å². The molecule has 0 bridgehead atoms. The van der Waals surface area contributed by atoms with Crippen LogP contribution < -0.4 is 5.32 Å². The molecule has 0 saturated carbocycles. The lowest BCUT2D eigenvalue weighted by molar-refractivity contribution is -0.127. The van der Waals surface area contributed by atoms with Gasteiger partial charge in [-0.3, -0.25) is 4.79 Å². The zero-order valence-corrected chi connectivity index (χ0v) is 16.4. The molecule has 0 unspecified atom stereocenters. The van der Waals surface area contributed by atoms with Gasteiger partial charge >= 0.3 is 0 Å². The number of amides is 1. The van der Waals surface area contributed by atoms with E-state index in [4.69, 9.17) is 4.74 Å². The van der Waals surface area contributed by atoms with Crippen LogP contribution in [0.2, 0.25) is 0 Å². The molecule has 0 atom stereocenters. The number of hydrogen-bond acceptors (Lipinski definition) is 4. The molecule has 7 nitrogen and oxygen atoms in total. The molecule has 1 aliphatic rings. The lowest BCUT2D eigenvalue weighted by Crippen LogP contribution is -2.41. The Kier molecular flexibility index (Phi) is 6.51. The third-order valence-electron chi connectivity index (χ3n) is 5.03. The molecular weight excluding hydrogens is 366 g/mol. The largest absolute Gasteiger partial charge is 0.381 e. The highest BCUT2D eigenvalue weighted by Crippen LogP contribution is 2.19. The second-order valence-corrected chi connectivity index (χ2v) is 8.93. The van der Waals surface area contributed by atoms with Crippen molar-refractivity contribution in [2.75, 3.05) is 39.1 Å². The number of fused-ring (bicyclic) bond motifs is 1. The Bertz CT molecular complexity index is 872. The van der Waals surface area contributed by atoms with Gasteiger partial charge in [-0.1, -0.05) is 18.2 Å². The summed E-state index contributed by atoms with van der Waals surface area (Å²) in [4.78, 5) is 15.4. The number of benzene rings is 1. The van der Waals surface area contributed by atoms with Gasteiger partial charge in [0.2, 0.25) is 15.9 Å². The molecule has 1 aromatic heterocycles. The number of aromatic nitrogens is 1. The Morgan fingerprint density at radius 1 is 1.26 bits per heavy atom. The maximum Gasteiger partial charge on any atom is 0.223 e. The highest BCUT2D eigenvalue weighted by atomic mass is 32.2. The van der Waals surface area contributed by atoms with Crippen molar-refractivity contribution in [2.24, 2.45) is 5.92 Å². The Morgan fingerprint density at radius 3 is 2.74 bits per heavy atom. The summed E-state index contributed by atoms with van der Waals surface area (Å²) in [5.74, 6) is -0.0416. The lowest BCUT2D eigenvalue weighted by Gasteiger charge is -2.23. The first-order valence-electron chi connectivity index (χ1n) is 9.31. The van der Waals surface area contributed by atoms with E-state index in [2.05, 4.69) is 10.3 Å². The third-order valence-corrected chi connectivity index (χ3v) is 6.33. The molecule has 3 rings (SSSR count). The van der Waals surface area contributed by atoms with Crippen LogP contribution in [0.15, 0.2) is 30.5 Å². The predicted molar refractivity (Wildman–Crippen MR) is 105 cm³/mol. The SMILES string of the molecule is CS(=O)(=O)N(CCNC(=O)C1CCOCC1)CCc1c[nH]c2ccccc12. The maximum atomic E-state index is 12.2. The van der Waals surface area contributed by atoms with Crippen molar-refractivity contribution in [3.63, 3.8) is 0 Å². The van der Waals surface area contributed by atoms with Crippen molar-refractivity contribution in [3.05, 3.63) is 36.0 Å². The Labute approximate surface area is 160 Å². The van der Waals surface area contributed by atoms with Crippen LogP contribution in [-0.2, 0) is 26.0 Å². The van der Waals surface area contributed by atoms with Gasteiger partial charge in [-0.15, -0.1) is 0 Å². The van der Waals surface area contributed by atoms with Crippen LogP contribution in [0.1, 0.15) is 18.4 Å². The minimum atomic E-state index is -3.34. The van der Waals surface area contributed by atoms with Crippen molar-refractivity contribution in [1.82, 2.24) is 14.6 Å². The molecule has 1 aromatic carbocycles. The molecule has 2 heterocycles. The van der Waals surface area contributed by atoms with Gasteiger partial charge in [-0.2, -0.15) is 0 Å². The van der Waals surface area contributed by atoms with Gasteiger partial charge < -0.3 is 15.0 Å². The third kappa shape index (κ3) is 5.31. The molecule has 1 fully saturated rings. The molecule has 1 aliphatic heterocycles. The smallest absolute Gasteiger partial charge is 0.223 e. The summed E-state index contributed by atoms with van der Waals surface area (Å²) in [5.41, 5.74) is 2.13. The number of H-pyrrole nitrogens is 1. The predicted octanol–water partition coefficient (Wildman–Crippen LogP) is 1.51. The maximum absolute atomic E-state index is 12.2. The Hall–Kier alpha value is -1.90. The van der Waals surface area contributed by atoms with Crippen LogP contribution >= 0.6 is 0 Å². The number of ether oxygens (including phenoxy) is 1. The topological polar surface area (TPSA) is 91.5 Å². The first-order chi connectivity index (χ1) is 12.9. The minimum absolute atomic E-state index is 0.0108. The summed E-state index contributed by atoms with van der Waals surface area (Å²) in [7, 11) is -3.34. The van der Waals surface area contributed by atoms with Crippen LogP contribution in [-0.4, -0.2) is 62.7 Å². The summed E-state index contributed by atoms with van der Waals surface area (Å²) in [6, 6.07) is 7.96. The molecule has 2 aromatic rings. The van der Waals surface area contributed by atoms with Crippen LogP contribution in [0.5, 0.6) is 0 Å². The van der Waals surface area contributed by atoms with Crippen LogP contribution in [0.3, 0.4) is 0 Å². The molecule has 1 amide bonds. The number of nitrogens with zero attached hydrogens (tertiary/aromatic N) is 1. The van der Waals surface area contributed by atoms with Crippen molar-refractivity contribution >= 4 is 26.8 Å². The number of carbonyl (C=O) groups is 1. The fourth-order valence-electron chi connectivity index (χ4n) is 3.43. The standard InChI is InChI=1S/C19H27N3O4S/c1-27(24,25)22(11-9-20-19(23)15-7-12-26-13-8-15)10-6-16-14-21-18-5-3-2-4-17(16)18/h2-5,14-15,21H,6-13H2,1H3,(H,20,23). The van der Waals surface area contributed by atoms with Gasteiger partial charge in [-0.05, 0) is 30.9 Å². The summed E-state index contributed by atoms with van der Waals surface area (Å²) in [6.07, 6.45) is 5.20. The van der Waals surface area contributed by atoms with Gasteiger partial charge in [0.05, 0.1) is 6.26 Å². The number of sulfonamides is 1. The zero-order chi connectivity index (χ0) is 19.3. The average Bonchev–Trinajstić information content (AvgIpc) is 3.07. The van der Waals surface area contributed by atoms with E-state index in [1.165, 1.54) is 10.6 Å². The fraction of sp³-hybridized carbons (Fsp3) is 0.526. The number of nitrogens with one attached hydrogen (secondary N) is 2. The second-order valence-electron chi connectivity index (χ2n) is 6.95. The van der Waals surface area contributed by atoms with Crippen molar-refractivity contribution in [2.45, 2.75) is 19.3 Å². The minimum Gasteiger partial charge on any atom is -0.381 e. The van der Waals surface area contributed by atoms with Crippen LogP contribution in [0.4, 0.5) is 0 Å². The highest BCUT2D eigenvalue weighted by Gasteiger charge is 2.22. The van der Waals surface area contributed by atoms with E-state index in [-0.39, 0.29) is 18.4 Å². The van der Waals surface area contributed by atoms with Crippen molar-refractivity contribution < 1.29 is 17.9 Å². The monoisotopic (exact) mass is 393 g/mol. The molecule has 0 spiro atoms. The number of para-hydroxylation sites is 1. The number of carbonyl (C=O) groups excluding carboxylic acids is 1. The number of rotatable bonds is 8. The summed E-state index contributed by atoms with van der Waals surface area (Å²) in [6.45, 7) is 2.19. The zero-order valence-electron chi connectivity index (χ0n) is 15.6. The average molecular weight is 394 g/mol. The van der Waals surface area contributed by atoms with Gasteiger partial charge in [0.25, 0.3) is 0 Å². The molecule has 2 N–H and O–H groups in total. The van der Waals surface area contributed by atoms with Crippen molar-refractivity contribution in [1.29, 1.82) is 0 Å². The quantitative estimate of drug-likeness (QED) is 0.711. The fourth-order valence-corrected chi connectivity index (χ4v) is 4.28. The van der Waals surface area contributed by atoms with E-state index in [9.17, 15) is 13.2 Å². The second kappa shape index (κ2) is 8.86. The highest BCUT2D eigenvalue weighted by molar-refractivity contribution is 7.88. The van der Waals surface area contributed by atoms with E-state index < -0.39 is 10.0 Å². The Morgan fingerprint density at radius 2 is 2.00 bits per heavy atom. The van der Waals surface area contributed by atoms with E-state index in [0.29, 0.717) is 32.7 Å². The normalized spacial score (nSPS) is 16.1. The summed E-state index contributed by atoms with van der Waals surface area (Å²) in [5, 5.41) is 3.98. The number of aromatic amines is 1. The van der Waals surface area contributed by atoms with E-state index in [0.717, 1.165) is 29.3 Å². The van der Waals surface area contributed by atoms with E-state index >= 15 is 0 Å². The van der Waals surface area contributed by atoms with E-state index in [1.54, 1.807) is 0 Å². The lowest BCUT2D eigenvalue weighted by atomic mass is 9.99. The van der Waals surface area contributed by atoms with Crippen LogP contribution in [0, 0.1) is 5.92 Å². The first-order valence-corrected chi connectivity index (χ1v) is 11.2. The first kappa shape index (κ1) is 19.9. The summed E-state index contributed by atoms with van der Waals surface area (Å²) >= 11 is 0. The van der Waals surface area contributed by atoms with Gasteiger partial charge in [0, 0.05) is 55.9 Å². The molecule has 1 saturated heterocycles. The molecule has 0 aliphatic carbocycles. The van der Waals surface area contributed by atoms with Crippen LogP contribution in [0.25, 0.3) is 10.9 Å². The molecule has 0 radical (unpaired) electrons. The molecule has 27 heavy (non-hydrogen) atoms. The van der Waals surface area contributed by atoms with Crippen molar-refractivity contribution in [3.8, 4) is 0 Å². The number of hydrogen-bond donors (Lipinski definition) is 2. The summed E-state index contributed by atoms with van der Waals surface area (Å²) < 4.78 is 30.9. The Balaban J connectivity index is 1.54.